The third-order valence-electron chi connectivity index (χ3n) is 3.99. The molecule has 9 heteroatoms. The summed E-state index contributed by atoms with van der Waals surface area (Å²) in [7, 11) is 0. The summed E-state index contributed by atoms with van der Waals surface area (Å²) in [6.45, 7) is 3.34. The van der Waals surface area contributed by atoms with Crippen LogP contribution in [0.1, 0.15) is 26.2 Å². The number of carbonyl (C=O) groups excluding carboxylic acids is 2. The van der Waals surface area contributed by atoms with E-state index in [1.165, 1.54) is 18.2 Å². The molecule has 1 aromatic rings. The first-order valence-electron chi connectivity index (χ1n) is 8.14. The third kappa shape index (κ3) is 5.68. The molecular weight excluding hydrogens is 348 g/mol. The van der Waals surface area contributed by atoms with Gasteiger partial charge >= 0.3 is 0 Å². The second kappa shape index (κ2) is 8.77. The number of benzene rings is 1. The zero-order valence-electron chi connectivity index (χ0n) is 14.0. The normalized spacial score (nSPS) is 17.8. The largest absolute Gasteiger partial charge is 0.352 e. The van der Waals surface area contributed by atoms with Crippen LogP contribution in [0.5, 0.6) is 0 Å². The smallest absolute Gasteiger partial charge is 0.289 e. The molecule has 136 valence electrons. The Morgan fingerprint density at radius 1 is 1.40 bits per heavy atom. The van der Waals surface area contributed by atoms with Crippen molar-refractivity contribution in [3.63, 3.8) is 0 Å². The number of rotatable bonds is 6. The van der Waals surface area contributed by atoms with Crippen molar-refractivity contribution >= 4 is 34.8 Å². The number of carbonyl (C=O) groups is 2. The number of amides is 2. The van der Waals surface area contributed by atoms with Crippen LogP contribution in [0, 0.1) is 10.1 Å². The predicted molar refractivity (Wildman–Crippen MR) is 94.6 cm³/mol. The quantitative estimate of drug-likeness (QED) is 0.591. The molecule has 0 spiro atoms. The van der Waals surface area contributed by atoms with E-state index in [9.17, 15) is 19.7 Å². The number of nitro groups is 1. The Balaban J connectivity index is 1.90. The summed E-state index contributed by atoms with van der Waals surface area (Å²) < 4.78 is 0. The van der Waals surface area contributed by atoms with Crippen LogP contribution in [0.25, 0.3) is 0 Å². The van der Waals surface area contributed by atoms with Gasteiger partial charge in [-0.25, -0.2) is 0 Å². The second-order valence-electron chi connectivity index (χ2n) is 5.97. The Morgan fingerprint density at radius 2 is 2.16 bits per heavy atom. The van der Waals surface area contributed by atoms with Crippen LogP contribution in [0.3, 0.4) is 0 Å². The number of anilines is 1. The fourth-order valence-electron chi connectivity index (χ4n) is 2.78. The van der Waals surface area contributed by atoms with Crippen molar-refractivity contribution < 1.29 is 14.5 Å². The van der Waals surface area contributed by atoms with Crippen LogP contribution in [-0.4, -0.2) is 47.3 Å². The molecule has 1 aromatic carbocycles. The van der Waals surface area contributed by atoms with E-state index in [0.717, 1.165) is 19.4 Å². The monoisotopic (exact) mass is 368 g/mol. The first-order valence-corrected chi connectivity index (χ1v) is 8.52. The third-order valence-corrected chi connectivity index (χ3v) is 4.31. The molecule has 0 aliphatic carbocycles. The Hall–Kier alpha value is -2.19. The van der Waals surface area contributed by atoms with E-state index in [4.69, 9.17) is 11.6 Å². The lowest BCUT2D eigenvalue weighted by Gasteiger charge is -2.32. The van der Waals surface area contributed by atoms with Crippen LogP contribution in [0.15, 0.2) is 18.2 Å². The van der Waals surface area contributed by atoms with Gasteiger partial charge in [0.2, 0.25) is 11.8 Å². The molecule has 1 unspecified atom stereocenters. The number of nitrogens with zero attached hydrogens (tertiary/aromatic N) is 2. The van der Waals surface area contributed by atoms with Crippen LogP contribution in [-0.2, 0) is 9.59 Å². The molecule has 1 atom stereocenters. The van der Waals surface area contributed by atoms with Gasteiger partial charge in [-0.2, -0.15) is 0 Å². The summed E-state index contributed by atoms with van der Waals surface area (Å²) in [5.41, 5.74) is 0.0775. The lowest BCUT2D eigenvalue weighted by atomic mass is 10.1. The lowest BCUT2D eigenvalue weighted by molar-refractivity contribution is -0.384. The molecule has 8 nitrogen and oxygen atoms in total. The molecule has 1 aliphatic heterocycles. The minimum Gasteiger partial charge on any atom is -0.352 e. The number of nitrogens with one attached hydrogen (secondary N) is 2. The van der Waals surface area contributed by atoms with Gasteiger partial charge in [-0.15, -0.1) is 0 Å². The van der Waals surface area contributed by atoms with Crippen molar-refractivity contribution in [1.82, 2.24) is 10.2 Å². The Bertz CT molecular complexity index is 668. The first-order chi connectivity index (χ1) is 11.9. The minimum absolute atomic E-state index is 0.00442. The van der Waals surface area contributed by atoms with Crippen LogP contribution >= 0.6 is 11.6 Å². The van der Waals surface area contributed by atoms with Crippen molar-refractivity contribution in [1.29, 1.82) is 0 Å². The number of likely N-dealkylation sites (tertiary alicyclic amines) is 1. The molecule has 2 rings (SSSR count). The van der Waals surface area contributed by atoms with Gasteiger partial charge in [0.25, 0.3) is 5.69 Å². The summed E-state index contributed by atoms with van der Waals surface area (Å²) in [4.78, 5) is 35.9. The molecular formula is C16H21ClN4O4. The van der Waals surface area contributed by atoms with Crippen LogP contribution < -0.4 is 10.6 Å². The summed E-state index contributed by atoms with van der Waals surface area (Å²) >= 11 is 5.76. The maximum Gasteiger partial charge on any atom is 0.289 e. The predicted octanol–water partition coefficient (Wildman–Crippen LogP) is 2.18. The van der Waals surface area contributed by atoms with Crippen molar-refractivity contribution in [2.75, 3.05) is 25.0 Å². The van der Waals surface area contributed by atoms with E-state index in [1.807, 2.05) is 4.90 Å². The van der Waals surface area contributed by atoms with Crippen molar-refractivity contribution in [2.24, 2.45) is 0 Å². The molecule has 0 radical (unpaired) electrons. The average molecular weight is 369 g/mol. The Morgan fingerprint density at radius 3 is 2.84 bits per heavy atom. The highest BCUT2D eigenvalue weighted by molar-refractivity contribution is 6.32. The van der Waals surface area contributed by atoms with Gasteiger partial charge in [-0.1, -0.05) is 18.5 Å². The molecule has 25 heavy (non-hydrogen) atoms. The molecule has 2 amide bonds. The second-order valence-corrected chi connectivity index (χ2v) is 6.37. The summed E-state index contributed by atoms with van der Waals surface area (Å²) in [5.74, 6) is -0.260. The van der Waals surface area contributed by atoms with E-state index in [2.05, 4.69) is 10.6 Å². The summed E-state index contributed by atoms with van der Waals surface area (Å²) in [5, 5.41) is 16.5. The molecule has 0 bridgehead atoms. The van der Waals surface area contributed by atoms with E-state index < -0.39 is 4.92 Å². The van der Waals surface area contributed by atoms with E-state index in [0.29, 0.717) is 18.7 Å². The maximum atomic E-state index is 12.2. The molecule has 1 fully saturated rings. The standard InChI is InChI=1S/C16H21ClN4O4/c1-2-15(22)19-12-4-3-7-20(9-12)10-16(23)18-11-5-6-13(17)14(8-11)21(24)25/h5-6,8,12H,2-4,7,9-10H2,1H3,(H,18,23)(H,19,22). The molecule has 1 aliphatic rings. The fourth-order valence-corrected chi connectivity index (χ4v) is 2.97. The maximum absolute atomic E-state index is 12.2. The highest BCUT2D eigenvalue weighted by Crippen LogP contribution is 2.27. The highest BCUT2D eigenvalue weighted by Gasteiger charge is 2.23. The molecule has 0 saturated carbocycles. The van der Waals surface area contributed by atoms with E-state index in [1.54, 1.807) is 6.92 Å². The number of nitro benzene ring substituents is 1. The van der Waals surface area contributed by atoms with Gasteiger partial charge in [-0.05, 0) is 31.5 Å². The van der Waals surface area contributed by atoms with Gasteiger partial charge in [0.1, 0.15) is 5.02 Å². The Labute approximate surface area is 150 Å². The number of hydrogen-bond acceptors (Lipinski definition) is 5. The lowest BCUT2D eigenvalue weighted by Crippen LogP contribution is -2.49. The minimum atomic E-state index is -0.594. The summed E-state index contributed by atoms with van der Waals surface area (Å²) in [6, 6.07) is 4.19. The van der Waals surface area contributed by atoms with Crippen molar-refractivity contribution in [3.05, 3.63) is 33.3 Å². The number of halogens is 1. The number of hydrogen-bond donors (Lipinski definition) is 2. The molecule has 0 aromatic heterocycles. The molecule has 2 N–H and O–H groups in total. The number of piperidine rings is 1. The van der Waals surface area contributed by atoms with Gasteiger partial charge in [-0.3, -0.25) is 24.6 Å². The van der Waals surface area contributed by atoms with Crippen LogP contribution in [0.4, 0.5) is 11.4 Å². The highest BCUT2D eigenvalue weighted by atomic mass is 35.5. The summed E-state index contributed by atoms with van der Waals surface area (Å²) in [6.07, 6.45) is 2.23. The van der Waals surface area contributed by atoms with E-state index >= 15 is 0 Å². The zero-order chi connectivity index (χ0) is 18.4. The molecule has 1 heterocycles. The van der Waals surface area contributed by atoms with Gasteiger partial charge in [0, 0.05) is 30.8 Å². The van der Waals surface area contributed by atoms with Crippen molar-refractivity contribution in [3.8, 4) is 0 Å². The molecule has 1 saturated heterocycles. The van der Waals surface area contributed by atoms with Gasteiger partial charge < -0.3 is 10.6 Å². The SMILES string of the molecule is CCC(=O)NC1CCCN(CC(=O)Nc2ccc(Cl)c([N+](=O)[O-])c2)C1. The van der Waals surface area contributed by atoms with Gasteiger partial charge in [0.15, 0.2) is 0 Å². The van der Waals surface area contributed by atoms with E-state index in [-0.39, 0.29) is 35.1 Å². The first kappa shape index (κ1) is 19.1. The van der Waals surface area contributed by atoms with Crippen molar-refractivity contribution in [2.45, 2.75) is 32.2 Å². The van der Waals surface area contributed by atoms with Gasteiger partial charge in [0.05, 0.1) is 11.5 Å². The van der Waals surface area contributed by atoms with Crippen LogP contribution in [0.2, 0.25) is 5.02 Å². The Kier molecular flexibility index (Phi) is 6.72. The topological polar surface area (TPSA) is 105 Å². The fraction of sp³-hybridized carbons (Fsp3) is 0.500. The average Bonchev–Trinajstić information content (AvgIpc) is 2.56. The zero-order valence-corrected chi connectivity index (χ0v) is 14.7.